The highest BCUT2D eigenvalue weighted by molar-refractivity contribution is 5.93. The highest BCUT2D eigenvalue weighted by Gasteiger charge is 2.11. The van der Waals surface area contributed by atoms with Crippen LogP contribution in [0.15, 0.2) is 42.9 Å². The number of nitrogens with one attached hydrogen (secondary N) is 1. The Morgan fingerprint density at radius 2 is 2.15 bits per heavy atom. The van der Waals surface area contributed by atoms with Gasteiger partial charge >= 0.3 is 0 Å². The van der Waals surface area contributed by atoms with E-state index in [1.807, 2.05) is 12.1 Å². The van der Waals surface area contributed by atoms with Crippen LogP contribution in [0.25, 0.3) is 0 Å². The molecule has 0 radical (unpaired) electrons. The fourth-order valence-corrected chi connectivity index (χ4v) is 3.15. The summed E-state index contributed by atoms with van der Waals surface area (Å²) in [5, 5.41) is 14.0. The molecule has 1 N–H and O–H groups in total. The van der Waals surface area contributed by atoms with Crippen molar-refractivity contribution in [1.29, 1.82) is 0 Å². The second kappa shape index (κ2) is 9.87. The number of aromatic nitrogens is 2. The Kier molecular flexibility index (Phi) is 6.98. The van der Waals surface area contributed by atoms with Gasteiger partial charge in [-0.05, 0) is 50.0 Å². The molecule has 3 rings (SSSR count). The van der Waals surface area contributed by atoms with Crippen LogP contribution in [-0.4, -0.2) is 42.0 Å². The summed E-state index contributed by atoms with van der Waals surface area (Å²) in [6, 6.07) is 7.18. The van der Waals surface area contributed by atoms with E-state index < -0.39 is 0 Å². The van der Waals surface area contributed by atoms with Gasteiger partial charge in [-0.1, -0.05) is 6.42 Å². The molecular formula is C20H26N4O3. The molecule has 3 heterocycles. The van der Waals surface area contributed by atoms with Gasteiger partial charge in [-0.3, -0.25) is 9.69 Å². The molecule has 1 aliphatic rings. The van der Waals surface area contributed by atoms with Crippen LogP contribution in [0.1, 0.15) is 41.6 Å². The van der Waals surface area contributed by atoms with E-state index in [9.17, 15) is 10.0 Å². The van der Waals surface area contributed by atoms with Crippen LogP contribution in [0, 0.1) is 5.21 Å². The van der Waals surface area contributed by atoms with E-state index in [1.54, 1.807) is 18.3 Å². The highest BCUT2D eigenvalue weighted by atomic mass is 16.5. The Morgan fingerprint density at radius 3 is 2.96 bits per heavy atom. The summed E-state index contributed by atoms with van der Waals surface area (Å²) in [5.41, 5.74) is 1.56. The van der Waals surface area contributed by atoms with Crippen LogP contribution in [0.5, 0.6) is 5.88 Å². The van der Waals surface area contributed by atoms with E-state index in [0.29, 0.717) is 35.7 Å². The van der Waals surface area contributed by atoms with Gasteiger partial charge in [0.15, 0.2) is 12.4 Å². The Labute approximate surface area is 159 Å². The topological polar surface area (TPSA) is 81.4 Å². The molecule has 7 nitrogen and oxygen atoms in total. The number of ether oxygens (including phenoxy) is 1. The maximum Gasteiger partial charge on any atom is 0.257 e. The van der Waals surface area contributed by atoms with Crippen molar-refractivity contribution in [2.24, 2.45) is 0 Å². The Morgan fingerprint density at radius 1 is 1.30 bits per heavy atom. The van der Waals surface area contributed by atoms with Crippen molar-refractivity contribution in [2.75, 3.05) is 26.2 Å². The number of piperidine rings is 1. The lowest BCUT2D eigenvalue weighted by Crippen LogP contribution is -2.30. The zero-order chi connectivity index (χ0) is 18.9. The molecule has 27 heavy (non-hydrogen) atoms. The van der Waals surface area contributed by atoms with E-state index in [4.69, 9.17) is 4.74 Å². The molecule has 0 bridgehead atoms. The van der Waals surface area contributed by atoms with Gasteiger partial charge in [-0.15, -0.1) is 0 Å². The van der Waals surface area contributed by atoms with Crippen LogP contribution in [0.3, 0.4) is 0 Å². The molecular weight excluding hydrogens is 344 g/mol. The van der Waals surface area contributed by atoms with Gasteiger partial charge < -0.3 is 15.3 Å². The average Bonchev–Trinajstić information content (AvgIpc) is 2.69. The molecule has 0 aromatic carbocycles. The fourth-order valence-electron chi connectivity index (χ4n) is 3.15. The zero-order valence-electron chi connectivity index (χ0n) is 15.5. The van der Waals surface area contributed by atoms with Crippen molar-refractivity contribution in [3.8, 4) is 5.88 Å². The van der Waals surface area contributed by atoms with E-state index in [2.05, 4.69) is 15.2 Å². The van der Waals surface area contributed by atoms with Gasteiger partial charge in [-0.25, -0.2) is 4.98 Å². The first-order valence-electron chi connectivity index (χ1n) is 9.48. The highest BCUT2D eigenvalue weighted by Crippen LogP contribution is 2.15. The smallest absolute Gasteiger partial charge is 0.257 e. The van der Waals surface area contributed by atoms with Crippen LogP contribution in [0.4, 0.5) is 0 Å². The average molecular weight is 370 g/mol. The van der Waals surface area contributed by atoms with Crippen molar-refractivity contribution in [1.82, 2.24) is 15.2 Å². The number of carbonyl (C=O) groups is 1. The molecule has 0 saturated carbocycles. The summed E-state index contributed by atoms with van der Waals surface area (Å²) in [6.07, 6.45) is 8.92. The number of pyridine rings is 2. The van der Waals surface area contributed by atoms with Gasteiger partial charge in [0.2, 0.25) is 5.88 Å². The molecule has 1 amide bonds. The van der Waals surface area contributed by atoms with Crippen molar-refractivity contribution in [2.45, 2.75) is 32.2 Å². The molecule has 2 aromatic rings. The number of hydrogen-bond donors (Lipinski definition) is 1. The van der Waals surface area contributed by atoms with Gasteiger partial charge in [0, 0.05) is 31.4 Å². The predicted octanol–water partition coefficient (Wildman–Crippen LogP) is 1.90. The van der Waals surface area contributed by atoms with E-state index in [1.165, 1.54) is 37.2 Å². The quantitative estimate of drug-likeness (QED) is 0.436. The summed E-state index contributed by atoms with van der Waals surface area (Å²) in [4.78, 5) is 18.7. The fraction of sp³-hybridized carbons (Fsp3) is 0.450. The van der Waals surface area contributed by atoms with Crippen molar-refractivity contribution < 1.29 is 14.3 Å². The molecule has 144 valence electrons. The number of nitrogens with zero attached hydrogens (tertiary/aromatic N) is 3. The predicted molar refractivity (Wildman–Crippen MR) is 101 cm³/mol. The zero-order valence-corrected chi connectivity index (χ0v) is 15.5. The molecule has 1 aliphatic heterocycles. The second-order valence-corrected chi connectivity index (χ2v) is 6.75. The summed E-state index contributed by atoms with van der Waals surface area (Å²) < 4.78 is 6.32. The summed E-state index contributed by atoms with van der Waals surface area (Å²) >= 11 is 0. The van der Waals surface area contributed by atoms with E-state index in [0.717, 1.165) is 19.6 Å². The van der Waals surface area contributed by atoms with Crippen LogP contribution in [-0.2, 0) is 6.54 Å². The number of amides is 1. The summed E-state index contributed by atoms with van der Waals surface area (Å²) in [5.74, 6) is 0.355. The Balaban J connectivity index is 1.37. The third kappa shape index (κ3) is 6.21. The first-order valence-corrected chi connectivity index (χ1v) is 9.48. The standard InChI is InChI=1S/C20H26N4O3/c25-20(18-6-4-12-24(26)16-18)22-8-5-13-27-19-14-17(7-9-21-19)15-23-10-2-1-3-11-23/h4,6-7,9,12,14,16H,1-3,5,8,10-11,13,15H2,(H,22,25). The van der Waals surface area contributed by atoms with Crippen molar-refractivity contribution in [3.63, 3.8) is 0 Å². The Hall–Kier alpha value is -2.67. The number of likely N-dealkylation sites (tertiary alicyclic amines) is 1. The third-order valence-electron chi connectivity index (χ3n) is 4.55. The number of carbonyl (C=O) groups excluding carboxylic acids is 1. The van der Waals surface area contributed by atoms with Crippen LogP contribution >= 0.6 is 0 Å². The first-order chi connectivity index (χ1) is 13.2. The minimum atomic E-state index is -0.262. The van der Waals surface area contributed by atoms with Crippen LogP contribution in [0.2, 0.25) is 0 Å². The monoisotopic (exact) mass is 370 g/mol. The first kappa shape index (κ1) is 19.1. The molecule has 1 fully saturated rings. The molecule has 0 unspecified atom stereocenters. The molecule has 2 aromatic heterocycles. The van der Waals surface area contributed by atoms with Crippen LogP contribution < -0.4 is 14.8 Å². The summed E-state index contributed by atoms with van der Waals surface area (Å²) in [6.45, 7) is 4.19. The minimum absolute atomic E-state index is 0.262. The Bertz CT molecular complexity index is 748. The minimum Gasteiger partial charge on any atom is -0.619 e. The van der Waals surface area contributed by atoms with E-state index >= 15 is 0 Å². The molecule has 0 aliphatic carbocycles. The lowest BCUT2D eigenvalue weighted by molar-refractivity contribution is -0.605. The maximum absolute atomic E-state index is 11.9. The lowest BCUT2D eigenvalue weighted by atomic mass is 10.1. The van der Waals surface area contributed by atoms with Crippen molar-refractivity contribution >= 4 is 5.91 Å². The normalized spacial score (nSPS) is 14.7. The lowest BCUT2D eigenvalue weighted by Gasteiger charge is -2.26. The van der Waals surface area contributed by atoms with Gasteiger partial charge in [0.1, 0.15) is 5.56 Å². The number of hydrogen-bond acceptors (Lipinski definition) is 5. The largest absolute Gasteiger partial charge is 0.619 e. The molecule has 0 atom stereocenters. The molecule has 7 heteroatoms. The van der Waals surface area contributed by atoms with Crippen molar-refractivity contribution in [3.05, 3.63) is 59.2 Å². The second-order valence-electron chi connectivity index (χ2n) is 6.75. The van der Waals surface area contributed by atoms with Gasteiger partial charge in [-0.2, -0.15) is 4.73 Å². The van der Waals surface area contributed by atoms with E-state index in [-0.39, 0.29) is 5.91 Å². The molecule has 0 spiro atoms. The number of rotatable bonds is 8. The van der Waals surface area contributed by atoms with Gasteiger partial charge in [0.25, 0.3) is 5.91 Å². The summed E-state index contributed by atoms with van der Waals surface area (Å²) in [7, 11) is 0. The third-order valence-corrected chi connectivity index (χ3v) is 4.55. The maximum atomic E-state index is 11.9. The SMILES string of the molecule is O=C(NCCCOc1cc(CN2CCCCC2)ccn1)c1ccc[n+]([O-])c1. The van der Waals surface area contributed by atoms with Gasteiger partial charge in [0.05, 0.1) is 6.61 Å². The molecule has 1 saturated heterocycles.